The molecule has 0 spiro atoms. The van der Waals surface area contributed by atoms with Crippen LogP contribution in [0.3, 0.4) is 0 Å². The van der Waals surface area contributed by atoms with Crippen LogP contribution in [-0.2, 0) is 4.74 Å². The lowest BCUT2D eigenvalue weighted by Crippen LogP contribution is -2.47. The highest BCUT2D eigenvalue weighted by Crippen LogP contribution is 2.29. The molecule has 2 rings (SSSR count). The molecule has 0 saturated carbocycles. The van der Waals surface area contributed by atoms with Gasteiger partial charge in [-0.3, -0.25) is 4.90 Å². The first kappa shape index (κ1) is 12.9. The highest BCUT2D eigenvalue weighted by atomic mass is 16.6. The molecule has 1 aliphatic rings. The van der Waals surface area contributed by atoms with Crippen molar-refractivity contribution < 1.29 is 9.53 Å². The number of hydrogen-bond acceptors (Lipinski definition) is 3. The van der Waals surface area contributed by atoms with Crippen molar-refractivity contribution in [1.29, 1.82) is 0 Å². The average Bonchev–Trinajstić information content (AvgIpc) is 2.34. The van der Waals surface area contributed by atoms with Gasteiger partial charge in [0, 0.05) is 12.5 Å². The Kier molecular flexibility index (Phi) is 3.87. The number of carbonyl (C=O) groups excluding carboxylic acids is 1. The Morgan fingerprint density at radius 2 is 2.22 bits per heavy atom. The van der Waals surface area contributed by atoms with E-state index in [1.807, 2.05) is 32.0 Å². The molecule has 1 aromatic carbocycles. The molecule has 1 fully saturated rings. The van der Waals surface area contributed by atoms with Crippen molar-refractivity contribution in [3.63, 3.8) is 0 Å². The van der Waals surface area contributed by atoms with Crippen LogP contribution in [0.4, 0.5) is 10.5 Å². The summed E-state index contributed by atoms with van der Waals surface area (Å²) in [6.45, 7) is 5.16. The second kappa shape index (κ2) is 5.40. The molecule has 1 heterocycles. The maximum Gasteiger partial charge on any atom is 0.414 e. The van der Waals surface area contributed by atoms with Crippen LogP contribution in [0.1, 0.15) is 24.0 Å². The summed E-state index contributed by atoms with van der Waals surface area (Å²) in [5.41, 5.74) is 8.88. The van der Waals surface area contributed by atoms with Crippen LogP contribution in [0.15, 0.2) is 18.2 Å². The monoisotopic (exact) mass is 248 g/mol. The Morgan fingerprint density at radius 1 is 1.44 bits per heavy atom. The minimum Gasteiger partial charge on any atom is -0.449 e. The summed E-state index contributed by atoms with van der Waals surface area (Å²) < 4.78 is 5.16. The SMILES string of the molecule is Cc1cccc(N2C(=O)OCCC2CCN)c1C. The van der Waals surface area contributed by atoms with Crippen LogP contribution in [-0.4, -0.2) is 25.3 Å². The maximum absolute atomic E-state index is 12.0. The largest absolute Gasteiger partial charge is 0.449 e. The van der Waals surface area contributed by atoms with Crippen molar-refractivity contribution in [2.24, 2.45) is 5.73 Å². The molecule has 1 saturated heterocycles. The van der Waals surface area contributed by atoms with E-state index in [0.717, 1.165) is 24.1 Å². The van der Waals surface area contributed by atoms with Gasteiger partial charge >= 0.3 is 6.09 Å². The van der Waals surface area contributed by atoms with Crippen LogP contribution in [0.2, 0.25) is 0 Å². The first-order valence-corrected chi connectivity index (χ1v) is 6.37. The summed E-state index contributed by atoms with van der Waals surface area (Å²) in [5.74, 6) is 0. The van der Waals surface area contributed by atoms with Crippen LogP contribution < -0.4 is 10.6 Å². The van der Waals surface area contributed by atoms with Gasteiger partial charge in [-0.1, -0.05) is 12.1 Å². The number of cyclic esters (lactones) is 1. The molecule has 18 heavy (non-hydrogen) atoms. The number of rotatable bonds is 3. The number of ether oxygens (including phenoxy) is 1. The number of anilines is 1. The van der Waals surface area contributed by atoms with Crippen LogP contribution >= 0.6 is 0 Å². The lowest BCUT2D eigenvalue weighted by Gasteiger charge is -2.36. The van der Waals surface area contributed by atoms with Crippen LogP contribution in [0, 0.1) is 13.8 Å². The number of benzene rings is 1. The summed E-state index contributed by atoms with van der Waals surface area (Å²) in [7, 11) is 0. The van der Waals surface area contributed by atoms with Gasteiger partial charge in [0.25, 0.3) is 0 Å². The predicted octanol–water partition coefficient (Wildman–Crippen LogP) is 2.37. The van der Waals surface area contributed by atoms with Gasteiger partial charge in [-0.25, -0.2) is 4.79 Å². The zero-order valence-electron chi connectivity index (χ0n) is 11.0. The van der Waals surface area contributed by atoms with Crippen LogP contribution in [0.25, 0.3) is 0 Å². The quantitative estimate of drug-likeness (QED) is 0.893. The summed E-state index contributed by atoms with van der Waals surface area (Å²) in [6, 6.07) is 6.14. The zero-order chi connectivity index (χ0) is 13.1. The van der Waals surface area contributed by atoms with E-state index in [-0.39, 0.29) is 12.1 Å². The molecule has 1 aromatic rings. The van der Waals surface area contributed by atoms with E-state index in [1.165, 1.54) is 5.56 Å². The van der Waals surface area contributed by atoms with Gasteiger partial charge in [-0.2, -0.15) is 0 Å². The topological polar surface area (TPSA) is 55.6 Å². The second-order valence-electron chi connectivity index (χ2n) is 4.72. The molecule has 0 radical (unpaired) electrons. The first-order valence-electron chi connectivity index (χ1n) is 6.37. The van der Waals surface area contributed by atoms with Crippen molar-refractivity contribution in [2.45, 2.75) is 32.7 Å². The van der Waals surface area contributed by atoms with Gasteiger partial charge in [0.05, 0.1) is 12.3 Å². The summed E-state index contributed by atoms with van der Waals surface area (Å²) in [6.07, 6.45) is 1.40. The van der Waals surface area contributed by atoms with E-state index >= 15 is 0 Å². The maximum atomic E-state index is 12.0. The zero-order valence-corrected chi connectivity index (χ0v) is 11.0. The minimum absolute atomic E-state index is 0.150. The molecule has 1 atom stereocenters. The van der Waals surface area contributed by atoms with Crippen molar-refractivity contribution in [2.75, 3.05) is 18.1 Å². The Labute approximate surface area is 108 Å². The molecule has 1 aliphatic heterocycles. The van der Waals surface area contributed by atoms with E-state index in [1.54, 1.807) is 4.90 Å². The summed E-state index contributed by atoms with van der Waals surface area (Å²) in [5, 5.41) is 0. The van der Waals surface area contributed by atoms with Crippen LogP contribution in [0.5, 0.6) is 0 Å². The third kappa shape index (κ3) is 2.34. The predicted molar refractivity (Wildman–Crippen MR) is 71.8 cm³/mol. The number of aryl methyl sites for hydroxylation is 1. The summed E-state index contributed by atoms with van der Waals surface area (Å²) >= 11 is 0. The van der Waals surface area contributed by atoms with E-state index in [0.29, 0.717) is 13.2 Å². The van der Waals surface area contributed by atoms with E-state index < -0.39 is 0 Å². The van der Waals surface area contributed by atoms with E-state index in [4.69, 9.17) is 10.5 Å². The third-order valence-electron chi connectivity index (χ3n) is 3.57. The lowest BCUT2D eigenvalue weighted by atomic mass is 10.0. The van der Waals surface area contributed by atoms with Crippen molar-refractivity contribution in [3.05, 3.63) is 29.3 Å². The van der Waals surface area contributed by atoms with Gasteiger partial charge in [0.15, 0.2) is 0 Å². The standard InChI is InChI=1S/C14H20N2O2/c1-10-4-3-5-13(11(10)2)16-12(6-8-15)7-9-18-14(16)17/h3-5,12H,6-9,15H2,1-2H3. The van der Waals surface area contributed by atoms with Gasteiger partial charge < -0.3 is 10.5 Å². The van der Waals surface area contributed by atoms with Gasteiger partial charge in [0.2, 0.25) is 0 Å². The van der Waals surface area contributed by atoms with E-state index in [9.17, 15) is 4.79 Å². The molecule has 1 amide bonds. The number of hydrogen-bond donors (Lipinski definition) is 1. The van der Waals surface area contributed by atoms with Gasteiger partial charge in [0.1, 0.15) is 0 Å². The van der Waals surface area contributed by atoms with E-state index in [2.05, 4.69) is 0 Å². The minimum atomic E-state index is -0.256. The van der Waals surface area contributed by atoms with Crippen molar-refractivity contribution in [1.82, 2.24) is 0 Å². The summed E-state index contributed by atoms with van der Waals surface area (Å²) in [4.78, 5) is 13.8. The Morgan fingerprint density at radius 3 is 2.94 bits per heavy atom. The molecule has 0 aliphatic carbocycles. The molecule has 4 nitrogen and oxygen atoms in total. The molecule has 0 aromatic heterocycles. The molecular formula is C14H20N2O2. The molecule has 4 heteroatoms. The van der Waals surface area contributed by atoms with Gasteiger partial charge in [-0.05, 0) is 44.0 Å². The molecular weight excluding hydrogens is 228 g/mol. The fourth-order valence-electron chi connectivity index (χ4n) is 2.39. The Hall–Kier alpha value is -1.55. The van der Waals surface area contributed by atoms with Gasteiger partial charge in [-0.15, -0.1) is 0 Å². The average molecular weight is 248 g/mol. The van der Waals surface area contributed by atoms with Crippen molar-refractivity contribution >= 4 is 11.8 Å². The molecule has 2 N–H and O–H groups in total. The highest BCUT2D eigenvalue weighted by molar-refractivity contribution is 5.90. The highest BCUT2D eigenvalue weighted by Gasteiger charge is 2.31. The fraction of sp³-hybridized carbons (Fsp3) is 0.500. The smallest absolute Gasteiger partial charge is 0.414 e. The second-order valence-corrected chi connectivity index (χ2v) is 4.72. The van der Waals surface area contributed by atoms with Crippen molar-refractivity contribution in [3.8, 4) is 0 Å². The Balaban J connectivity index is 2.37. The number of carbonyl (C=O) groups is 1. The molecule has 0 bridgehead atoms. The Bertz CT molecular complexity index is 443. The number of nitrogens with two attached hydrogens (primary N) is 1. The lowest BCUT2D eigenvalue weighted by molar-refractivity contribution is 0.128. The molecule has 98 valence electrons. The normalized spacial score (nSPS) is 19.8. The molecule has 1 unspecified atom stereocenters. The third-order valence-corrected chi connectivity index (χ3v) is 3.57. The fourth-order valence-corrected chi connectivity index (χ4v) is 2.39. The number of nitrogens with zero attached hydrogens (tertiary/aromatic N) is 1. The first-order chi connectivity index (χ1) is 8.65. The number of amides is 1.